The summed E-state index contributed by atoms with van der Waals surface area (Å²) in [7, 11) is 0. The molecule has 0 heteroatoms. The Morgan fingerprint density at radius 3 is 0.977 bits per heavy atom. The lowest BCUT2D eigenvalue weighted by Crippen LogP contribution is -2.51. The summed E-state index contributed by atoms with van der Waals surface area (Å²) in [5.74, 6) is 2.33. The average Bonchev–Trinajstić information content (AvgIpc) is 2.84. The molecule has 260 valence electrons. The molecular weight excluding hydrogens is 516 g/mol. The van der Waals surface area contributed by atoms with Gasteiger partial charge in [0.05, 0.1) is 0 Å². The highest BCUT2D eigenvalue weighted by Crippen LogP contribution is 2.63. The van der Waals surface area contributed by atoms with Crippen molar-refractivity contribution in [1.82, 2.24) is 0 Å². The highest BCUT2D eigenvalue weighted by Gasteiger charge is 2.54. The Balaban J connectivity index is -0.00000210. The van der Waals surface area contributed by atoms with Gasteiger partial charge >= 0.3 is 0 Å². The van der Waals surface area contributed by atoms with E-state index in [1.807, 2.05) is 0 Å². The van der Waals surface area contributed by atoms with Gasteiger partial charge in [-0.15, -0.1) is 26.3 Å². The fraction of sp³-hybridized carbons (Fsp3) is 0.907. The van der Waals surface area contributed by atoms with E-state index in [1.54, 1.807) is 0 Å². The highest BCUT2D eigenvalue weighted by atomic mass is 14.6. The molecular formula is C43H88. The van der Waals surface area contributed by atoms with Crippen molar-refractivity contribution in [3.05, 3.63) is 26.3 Å². The maximum atomic E-state index is 3.00. The summed E-state index contributed by atoms with van der Waals surface area (Å²) in [4.78, 5) is 0. The van der Waals surface area contributed by atoms with Gasteiger partial charge in [0.1, 0.15) is 0 Å². The summed E-state index contributed by atoms with van der Waals surface area (Å²) in [5.41, 5.74) is 2.58. The molecule has 0 aromatic carbocycles. The summed E-state index contributed by atoms with van der Waals surface area (Å²) in [6.07, 6.45) is 9.27. The van der Waals surface area contributed by atoms with E-state index in [2.05, 4.69) is 172 Å². The fourth-order valence-corrected chi connectivity index (χ4v) is 7.46. The van der Waals surface area contributed by atoms with Crippen molar-refractivity contribution in [2.75, 3.05) is 0 Å². The molecule has 0 spiro atoms. The topological polar surface area (TPSA) is 0 Å². The Morgan fingerprint density at radius 1 is 0.442 bits per heavy atom. The van der Waals surface area contributed by atoms with Gasteiger partial charge in [-0.3, -0.25) is 0 Å². The molecule has 0 aromatic heterocycles. The Bertz CT molecular complexity index is 753. The second kappa shape index (κ2) is 16.9. The molecule has 0 radical (unpaired) electrons. The van der Waals surface area contributed by atoms with Crippen LogP contribution < -0.4 is 0 Å². The molecule has 0 heterocycles. The van der Waals surface area contributed by atoms with Crippen LogP contribution in [-0.4, -0.2) is 0 Å². The van der Waals surface area contributed by atoms with E-state index in [0.717, 1.165) is 17.8 Å². The van der Waals surface area contributed by atoms with Crippen molar-refractivity contribution < 1.29 is 0 Å². The minimum atomic E-state index is 0.280. The Kier molecular flexibility index (Phi) is 18.4. The summed E-state index contributed by atoms with van der Waals surface area (Å²) >= 11 is 0. The van der Waals surface area contributed by atoms with Crippen LogP contribution in [0.4, 0.5) is 0 Å². The van der Waals surface area contributed by atoms with Crippen LogP contribution in [-0.2, 0) is 0 Å². The summed E-state index contributed by atoms with van der Waals surface area (Å²) in [6, 6.07) is 0. The molecule has 3 unspecified atom stereocenters. The second-order valence-electron chi connectivity index (χ2n) is 20.1. The van der Waals surface area contributed by atoms with Gasteiger partial charge in [-0.1, -0.05) is 158 Å². The molecule has 0 N–H and O–H groups in total. The smallest absolute Gasteiger partial charge is 0.0274 e. The number of hydrogen-bond donors (Lipinski definition) is 0. The Morgan fingerprint density at radius 2 is 0.721 bits per heavy atom. The zero-order valence-corrected chi connectivity index (χ0v) is 34.5. The summed E-state index contributed by atoms with van der Waals surface area (Å²) in [5, 5.41) is 0. The molecule has 43 heavy (non-hydrogen) atoms. The first-order valence-corrected chi connectivity index (χ1v) is 18.0. The maximum absolute atomic E-state index is 3.00. The minimum absolute atomic E-state index is 0.280. The van der Waals surface area contributed by atoms with Gasteiger partial charge in [0.2, 0.25) is 0 Å². The first-order chi connectivity index (χ1) is 19.0. The lowest BCUT2D eigenvalue weighted by atomic mass is 9.46. The predicted octanol–water partition coefficient (Wildman–Crippen LogP) is 15.5. The zero-order valence-electron chi connectivity index (χ0n) is 34.5. The van der Waals surface area contributed by atoms with Gasteiger partial charge in [0.25, 0.3) is 0 Å². The summed E-state index contributed by atoms with van der Waals surface area (Å²) in [6.45, 7) is 64.3. The van der Waals surface area contributed by atoms with Crippen molar-refractivity contribution in [3.63, 3.8) is 0 Å². The lowest BCUT2D eigenvalue weighted by Gasteiger charge is -2.59. The Hall–Kier alpha value is -0.520. The van der Waals surface area contributed by atoms with E-state index < -0.39 is 0 Å². The molecule has 3 atom stereocenters. The first kappa shape index (κ1) is 46.9. The van der Waals surface area contributed by atoms with Gasteiger partial charge in [-0.2, -0.15) is 0 Å². The maximum Gasteiger partial charge on any atom is -0.0274 e. The van der Waals surface area contributed by atoms with E-state index in [0.29, 0.717) is 37.9 Å². The number of hydrogen-bond acceptors (Lipinski definition) is 0. The lowest BCUT2D eigenvalue weighted by molar-refractivity contribution is -0.0964. The van der Waals surface area contributed by atoms with Crippen LogP contribution in [0, 0.1) is 61.1 Å². The van der Waals surface area contributed by atoms with E-state index >= 15 is 0 Å². The van der Waals surface area contributed by atoms with Gasteiger partial charge < -0.3 is 0 Å². The third-order valence-corrected chi connectivity index (χ3v) is 13.3. The third-order valence-electron chi connectivity index (χ3n) is 13.3. The molecule has 0 aliphatic heterocycles. The van der Waals surface area contributed by atoms with Crippen LogP contribution in [0.25, 0.3) is 0 Å². The zero-order chi connectivity index (χ0) is 35.7. The quantitative estimate of drug-likeness (QED) is 0.230. The van der Waals surface area contributed by atoms with E-state index in [1.165, 1.54) is 44.9 Å². The molecule has 1 aliphatic rings. The molecule has 0 amide bonds. The van der Waals surface area contributed by atoms with Crippen LogP contribution in [0.15, 0.2) is 26.3 Å². The minimum Gasteiger partial charge on any atom is -0.106 e. The monoisotopic (exact) mass is 605 g/mol. The molecule has 1 aliphatic carbocycles. The van der Waals surface area contributed by atoms with Crippen LogP contribution in [0.5, 0.6) is 0 Å². The van der Waals surface area contributed by atoms with E-state index in [-0.39, 0.29) is 5.41 Å². The highest BCUT2D eigenvalue weighted by molar-refractivity contribution is 5.03. The van der Waals surface area contributed by atoms with Crippen LogP contribution in [0.2, 0.25) is 0 Å². The normalized spacial score (nSPS) is 20.9. The molecule has 0 bridgehead atoms. The predicted molar refractivity (Wildman–Crippen MR) is 204 cm³/mol. The van der Waals surface area contributed by atoms with E-state index in [9.17, 15) is 0 Å². The molecule has 0 saturated heterocycles. The van der Waals surface area contributed by atoms with Gasteiger partial charge in [-0.05, 0) is 93.2 Å². The van der Waals surface area contributed by atoms with Crippen molar-refractivity contribution in [2.24, 2.45) is 61.1 Å². The molecule has 1 fully saturated rings. The fourth-order valence-electron chi connectivity index (χ4n) is 7.46. The van der Waals surface area contributed by atoms with Crippen molar-refractivity contribution in [3.8, 4) is 0 Å². The van der Waals surface area contributed by atoms with Crippen molar-refractivity contribution >= 4 is 0 Å². The number of rotatable bonds is 9. The van der Waals surface area contributed by atoms with Gasteiger partial charge in [-0.25, -0.2) is 0 Å². The van der Waals surface area contributed by atoms with Gasteiger partial charge in [0.15, 0.2) is 0 Å². The summed E-state index contributed by atoms with van der Waals surface area (Å²) < 4.78 is 0. The third kappa shape index (κ3) is 12.7. The second-order valence-corrected chi connectivity index (χ2v) is 20.1. The SMILES string of the molecule is C=C.C=C.CCC.CCC(C)(C)CC(C)(C)C(C)(C)C1CC(C(C)(C)C)CC(C(C)(C)C(C)(C)CC(C)(C)C(C)(C)C)C1. The van der Waals surface area contributed by atoms with Crippen molar-refractivity contribution in [2.45, 2.75) is 190 Å². The first-order valence-electron chi connectivity index (χ1n) is 18.0. The molecule has 0 aromatic rings. The largest absolute Gasteiger partial charge is 0.106 e. The van der Waals surface area contributed by atoms with Gasteiger partial charge in [0, 0.05) is 0 Å². The molecule has 0 nitrogen and oxygen atoms in total. The standard InChI is InChI=1S/C36H72.C3H8.2C2H4/c1-20-31(8,9)24-33(12,13)35(16,17)27-21-26(29(2,3)4)22-28(23-27)36(18,19)34(14,15)25-32(10,11)30(5,6)7;1-3-2;2*1-2/h26-28H,20-25H2,1-19H3;3H2,1-2H3;2*1-2H2. The Labute approximate surface area is 277 Å². The van der Waals surface area contributed by atoms with Crippen LogP contribution in [0.3, 0.4) is 0 Å². The van der Waals surface area contributed by atoms with E-state index in [4.69, 9.17) is 0 Å². The molecule has 1 rings (SSSR count). The molecule has 1 saturated carbocycles. The van der Waals surface area contributed by atoms with Crippen LogP contribution in [0.1, 0.15) is 190 Å². The van der Waals surface area contributed by atoms with Crippen molar-refractivity contribution in [1.29, 1.82) is 0 Å². The average molecular weight is 605 g/mol. The van der Waals surface area contributed by atoms with Crippen LogP contribution >= 0.6 is 0 Å².